The van der Waals surface area contributed by atoms with Crippen LogP contribution in [0.5, 0.6) is 0 Å². The molecular weight excluding hydrogens is 1880 g/mol. The predicted octanol–water partition coefficient (Wildman–Crippen LogP) is 28.0. The highest BCUT2D eigenvalue weighted by Crippen LogP contribution is 2.45. The van der Waals surface area contributed by atoms with Gasteiger partial charge in [0.1, 0.15) is 46.5 Å². The predicted molar refractivity (Wildman–Crippen MR) is 595 cm³/mol. The Kier molecular flexibility index (Phi) is 46.5. The Morgan fingerprint density at radius 2 is 0.550 bits per heavy atom. The van der Waals surface area contributed by atoms with Crippen LogP contribution in [0.3, 0.4) is 0 Å². The Balaban J connectivity index is 0.000000193. The van der Waals surface area contributed by atoms with Gasteiger partial charge in [0.05, 0.1) is 36.5 Å². The highest BCUT2D eigenvalue weighted by molar-refractivity contribution is 5.74. The maximum absolute atomic E-state index is 13.7. The van der Waals surface area contributed by atoms with Crippen LogP contribution in [0.2, 0.25) is 0 Å². The number of nitrogens with one attached hydrogen (secondary N) is 6. The van der Waals surface area contributed by atoms with E-state index in [9.17, 15) is 65.1 Å². The number of hydrogen-bond donors (Lipinski definition) is 11. The Hall–Kier alpha value is -9.78. The third kappa shape index (κ3) is 35.7. The Bertz CT molecular complexity index is 5740. The first-order valence-corrected chi connectivity index (χ1v) is 55.2. The van der Waals surface area contributed by atoms with Gasteiger partial charge in [-0.1, -0.05) is 273 Å². The molecule has 9 aromatic rings. The molecule has 0 heterocycles. The van der Waals surface area contributed by atoms with Crippen molar-refractivity contribution >= 4 is 28.5 Å². The van der Waals surface area contributed by atoms with Gasteiger partial charge in [-0.3, -0.25) is 9.59 Å². The molecule has 0 aromatic heterocycles. The number of rotatable bonds is 38. The van der Waals surface area contributed by atoms with Gasteiger partial charge in [-0.15, -0.1) is 0 Å². The Labute approximate surface area is 885 Å². The first-order chi connectivity index (χ1) is 70.9. The molecule has 0 spiro atoms. The number of carbonyl (C=O) groups is 2. The molecule has 9 aromatic carbocycles. The minimum atomic E-state index is -0.936. The van der Waals surface area contributed by atoms with Gasteiger partial charge in [0.25, 0.3) is 0 Å². The summed E-state index contributed by atoms with van der Waals surface area (Å²) in [6.45, 7) is 34.1. The van der Waals surface area contributed by atoms with Gasteiger partial charge in [0.2, 0.25) is 11.8 Å². The Morgan fingerprint density at radius 1 is 0.322 bits per heavy atom. The van der Waals surface area contributed by atoms with Crippen LogP contribution >= 0.6 is 0 Å². The molecule has 0 unspecified atom stereocenters. The molecule has 149 heavy (non-hydrogen) atoms. The second-order valence-corrected chi connectivity index (χ2v) is 44.9. The largest absolute Gasteiger partial charge is 0.392 e. The normalized spacial score (nSPS) is 18.3. The van der Waals surface area contributed by atoms with E-state index in [2.05, 4.69) is 248 Å². The van der Waals surface area contributed by atoms with Crippen molar-refractivity contribution in [1.29, 1.82) is 0 Å². The monoisotopic (exact) mass is 2060 g/mol. The number of nitrogens with two attached hydrogens (primary N) is 1. The minimum absolute atomic E-state index is 0.0715. The number of halogens is 8. The van der Waals surface area contributed by atoms with Gasteiger partial charge in [0.15, 0.2) is 0 Å². The van der Waals surface area contributed by atoms with Crippen molar-refractivity contribution in [2.75, 3.05) is 26.2 Å². The number of allylic oxidation sites excluding steroid dienone is 6. The van der Waals surface area contributed by atoms with Gasteiger partial charge in [-0.25, -0.2) is 35.1 Å². The fourth-order valence-electron chi connectivity index (χ4n) is 22.4. The molecule has 0 aliphatic heterocycles. The van der Waals surface area contributed by atoms with Crippen molar-refractivity contribution in [3.05, 3.63) is 337 Å². The first-order valence-electron chi connectivity index (χ1n) is 55.2. The van der Waals surface area contributed by atoms with Gasteiger partial charge in [-0.05, 0) is 328 Å². The van der Waals surface area contributed by atoms with Gasteiger partial charge in [-0.2, -0.15) is 0 Å². The Morgan fingerprint density at radius 3 is 0.805 bits per heavy atom. The SMILES string of the molecule is C/C=C(\C)c1cccc(C2(N)CCCCC2)c1.C/C=C(\C)c1cccc(C2(NC[C@@H](O)[C@@H](C)Cc3cc(F)cc(F)c3)CCCCC2)c1.C/C=C(\C)c1cccc(C2(NC[C@@H](O)[C@H](Cc3cc(F)cc(F)c3)NC(C)=O)CCCCC2)c1.CCC(C)(C)c1cccc(C2(NC[C@@H](O)[C@@H](C)Cc3cc(F)cc(F)c3)CCCCC2)c1.CCC(C)(C)c1cccc(C2(NC[C@@H](O)[C@H](Cc3cc(F)cc(F)c3)NC(C)=O)CCCCC2)c1. The van der Waals surface area contributed by atoms with E-state index in [-0.39, 0.29) is 88.1 Å². The number of aliphatic hydroxyl groups excluding tert-OH is 4. The van der Waals surface area contributed by atoms with Gasteiger partial charge in [0, 0.05) is 92.0 Å². The summed E-state index contributed by atoms with van der Waals surface area (Å²) in [5.41, 5.74) is 24.3. The van der Waals surface area contributed by atoms with Crippen molar-refractivity contribution in [3.8, 4) is 0 Å². The molecule has 12 N–H and O–H groups in total. The minimum Gasteiger partial charge on any atom is -0.392 e. The van der Waals surface area contributed by atoms with E-state index in [4.69, 9.17) is 5.73 Å². The molecule has 0 bridgehead atoms. The molecule has 5 saturated carbocycles. The molecule has 5 aliphatic carbocycles. The fraction of sp³-hybridized carbons (Fsp3) is 0.516. The second kappa shape index (κ2) is 57.2. The molecule has 8 atom stereocenters. The van der Waals surface area contributed by atoms with Crippen LogP contribution in [0.4, 0.5) is 35.1 Å². The third-order valence-electron chi connectivity index (χ3n) is 33.0. The van der Waals surface area contributed by atoms with E-state index in [1.54, 1.807) is 0 Å². The van der Waals surface area contributed by atoms with Crippen LogP contribution in [0.25, 0.3) is 16.7 Å². The van der Waals surface area contributed by atoms with Crippen LogP contribution in [-0.4, -0.2) is 94.9 Å². The molecule has 0 radical (unpaired) electrons. The van der Waals surface area contributed by atoms with E-state index in [1.165, 1.54) is 193 Å². The van der Waals surface area contributed by atoms with E-state index < -0.39 is 83.0 Å². The summed E-state index contributed by atoms with van der Waals surface area (Å²) in [7, 11) is 0. The zero-order valence-corrected chi connectivity index (χ0v) is 91.8. The van der Waals surface area contributed by atoms with Crippen LogP contribution in [0.1, 0.15) is 362 Å². The molecule has 5 fully saturated rings. The average Bonchev–Trinajstić information content (AvgIpc) is 0.791. The molecule has 14 rings (SSSR count). The van der Waals surface area contributed by atoms with Gasteiger partial charge < -0.3 is 58.1 Å². The number of hydrogen-bond acceptors (Lipinski definition) is 11. The molecule has 13 nitrogen and oxygen atoms in total. The quantitative estimate of drug-likeness (QED) is 0.0164. The highest BCUT2D eigenvalue weighted by atomic mass is 19.2. The van der Waals surface area contributed by atoms with Crippen LogP contribution in [-0.2, 0) is 73.8 Å². The summed E-state index contributed by atoms with van der Waals surface area (Å²) < 4.78 is 109. The summed E-state index contributed by atoms with van der Waals surface area (Å²) in [5.74, 6) is -5.85. The van der Waals surface area contributed by atoms with Crippen molar-refractivity contribution < 1.29 is 65.1 Å². The van der Waals surface area contributed by atoms with E-state index in [0.717, 1.165) is 140 Å². The highest BCUT2D eigenvalue weighted by Gasteiger charge is 2.42. The lowest BCUT2D eigenvalue weighted by Gasteiger charge is -2.41. The summed E-state index contributed by atoms with van der Waals surface area (Å²) in [6, 6.07) is 56.1. The first kappa shape index (κ1) is 121. The smallest absolute Gasteiger partial charge is 0.217 e. The molecule has 812 valence electrons. The topological polar surface area (TPSA) is 213 Å². The average molecular weight is 2060 g/mol. The molecule has 21 heteroatoms. The van der Waals surface area contributed by atoms with Crippen molar-refractivity contribution in [1.82, 2.24) is 31.9 Å². The summed E-state index contributed by atoms with van der Waals surface area (Å²) in [5, 5.41) is 64.1. The molecule has 0 saturated heterocycles. The van der Waals surface area contributed by atoms with Crippen molar-refractivity contribution in [3.63, 3.8) is 0 Å². The number of carbonyl (C=O) groups excluding carboxylic acids is 2. The number of aliphatic hydroxyl groups is 4. The van der Waals surface area contributed by atoms with E-state index in [0.29, 0.717) is 48.2 Å². The summed E-state index contributed by atoms with van der Waals surface area (Å²) in [4.78, 5) is 23.6. The lowest BCUT2D eigenvalue weighted by molar-refractivity contribution is -0.121. The lowest BCUT2D eigenvalue weighted by Crippen LogP contribution is -2.53. The zero-order chi connectivity index (χ0) is 108. The molecule has 5 aliphatic rings. The fourth-order valence-corrected chi connectivity index (χ4v) is 22.4. The van der Waals surface area contributed by atoms with E-state index >= 15 is 0 Å². The third-order valence-corrected chi connectivity index (χ3v) is 33.0. The van der Waals surface area contributed by atoms with Gasteiger partial charge >= 0.3 is 0 Å². The zero-order valence-electron chi connectivity index (χ0n) is 91.8. The lowest BCUT2D eigenvalue weighted by atomic mass is 9.74. The van der Waals surface area contributed by atoms with Crippen LogP contribution in [0, 0.1) is 58.4 Å². The number of benzene rings is 9. The number of amides is 2. The maximum Gasteiger partial charge on any atom is 0.217 e. The van der Waals surface area contributed by atoms with E-state index in [1.807, 2.05) is 20.8 Å². The summed E-state index contributed by atoms with van der Waals surface area (Å²) in [6.07, 6.45) is 34.6. The molecule has 2 amide bonds. The second-order valence-electron chi connectivity index (χ2n) is 44.9. The van der Waals surface area contributed by atoms with Crippen LogP contribution < -0.4 is 37.6 Å². The van der Waals surface area contributed by atoms with Crippen molar-refractivity contribution in [2.45, 2.75) is 385 Å². The maximum atomic E-state index is 13.7. The summed E-state index contributed by atoms with van der Waals surface area (Å²) >= 11 is 0. The standard InChI is InChI=1S/C29H40F2N2O2.C28H36F2N2O2.C28H39F2NO.C27H35F2NO.C16H23N/c1-5-28(3,4)22-10-9-11-23(17-22)29(12-7-6-8-13-29)32-19-27(35)26(33-20(2)34)16-21-14-24(30)18-25(31)15-21;1-4-19(2)22-9-8-10-23(16-22)28(11-6-5-7-12-28)31-18-27(34)26(32-20(3)33)15-21-13-24(29)17-25(30)14-21;1-5-27(3,4)22-10-9-11-23(17-22)28(12-7-6-8-13-28)31-19-26(32)20(2)14-21-15-24(29)18-25(30)16-21;1-4-19(2)22-9-8-10-23(16-22)27(11-6-5-7-12-27)30-18-26(31)20(3)13-21-14-24(28)17-25(29)15-21;1-3-13(2)14-8-7-9-15(12-14)16(17)10-5-4-6-11-16/h9-11,14-15,17-18,26-27,32,35H,5-8,12-13,16,19H2,1-4H3,(H,33,34);4,8-10,13-14,16-17,26-27,31,34H,5-7,11-12,15,18H2,1-3H3,(H,32,33);9-11,15-18,20,26,31-32H,5-8,12-14,19H2,1-4H3;4,8-10,14-17,20,26,30-31H,5-7,11-13,18H2,1-3H3;3,7-9,12H,4-6,10-11,17H2,1-2H3/b;19-4+;;19-4+;13-3+/t2*26-,27+;2*20-,26+;/m0000./s1. The van der Waals surface area contributed by atoms with Crippen molar-refractivity contribution in [2.24, 2.45) is 17.6 Å². The van der Waals surface area contributed by atoms with Crippen LogP contribution in [0.15, 0.2) is 212 Å². The molecular formula is C128H173F8N7O6.